The Hall–Kier alpha value is 0.326. The standard InChI is InChI=1S/C29H63Ge2O19/c1-25(45-15-16-47-29(36-5,37-6)21-30(38-7)49-24-46-27(3)19-41-12-10-32)18-42-14-17-50-31(39-8,40-9)22-28(34,35-4)48-23-43-20-26(2)44-13-11-33/h25-27,32-34H,10-24H2,1-9H3. The summed E-state index contributed by atoms with van der Waals surface area (Å²) in [7, 11) is 8.61. The molecule has 0 aromatic heterocycles. The van der Waals surface area contributed by atoms with Gasteiger partial charge in [0.1, 0.15) is 0 Å². The fourth-order valence-electron chi connectivity index (χ4n) is 3.84. The topological polar surface area (TPSA) is 208 Å². The fraction of sp³-hybridized carbons (Fsp3) is 1.00. The van der Waals surface area contributed by atoms with Crippen LogP contribution in [0.4, 0.5) is 0 Å². The zero-order valence-electron chi connectivity index (χ0n) is 31.2. The molecule has 1 radical (unpaired) electrons. The van der Waals surface area contributed by atoms with Crippen molar-refractivity contribution in [3.63, 3.8) is 0 Å². The number of ether oxygens (including phenoxy) is 11. The fourth-order valence-corrected chi connectivity index (χ4v) is 10.7. The second-order valence-electron chi connectivity index (χ2n) is 10.6. The molecule has 0 aromatic rings. The van der Waals surface area contributed by atoms with Gasteiger partial charge >= 0.3 is 306 Å². The molecule has 0 aliphatic carbocycles. The Morgan fingerprint density at radius 2 is 1.20 bits per heavy atom. The van der Waals surface area contributed by atoms with Gasteiger partial charge in [-0.1, -0.05) is 0 Å². The van der Waals surface area contributed by atoms with Gasteiger partial charge in [-0.25, -0.2) is 0 Å². The number of hydrogen-bond donors (Lipinski definition) is 3. The van der Waals surface area contributed by atoms with Gasteiger partial charge in [-0.05, 0) is 0 Å². The van der Waals surface area contributed by atoms with Gasteiger partial charge in [-0.2, -0.15) is 0 Å². The summed E-state index contributed by atoms with van der Waals surface area (Å²) in [5.74, 6) is -3.47. The molecule has 0 aliphatic heterocycles. The number of aliphatic hydroxyl groups excluding tert-OH is 2. The average Bonchev–Trinajstić information content (AvgIpc) is 3.12. The van der Waals surface area contributed by atoms with E-state index >= 15 is 0 Å². The van der Waals surface area contributed by atoms with Gasteiger partial charge < -0.3 is 0 Å². The third kappa shape index (κ3) is 23.2. The van der Waals surface area contributed by atoms with E-state index in [0.717, 1.165) is 0 Å². The van der Waals surface area contributed by atoms with Gasteiger partial charge in [0.15, 0.2) is 0 Å². The van der Waals surface area contributed by atoms with Crippen molar-refractivity contribution < 1.29 is 86.2 Å². The third-order valence-corrected chi connectivity index (χ3v) is 15.9. The van der Waals surface area contributed by atoms with Crippen LogP contribution in [0, 0.1) is 0 Å². The second-order valence-corrected chi connectivity index (χ2v) is 20.2. The van der Waals surface area contributed by atoms with Crippen LogP contribution in [-0.2, 0) is 70.9 Å². The third-order valence-electron chi connectivity index (χ3n) is 6.68. The molecule has 301 valence electrons. The quantitative estimate of drug-likeness (QED) is 0.0421. The zero-order chi connectivity index (χ0) is 37.7. The van der Waals surface area contributed by atoms with E-state index in [2.05, 4.69) is 0 Å². The molecule has 0 fully saturated rings. The van der Waals surface area contributed by atoms with Crippen LogP contribution in [0.25, 0.3) is 0 Å². The van der Waals surface area contributed by atoms with Gasteiger partial charge in [-0.15, -0.1) is 0 Å². The van der Waals surface area contributed by atoms with Crippen LogP contribution in [0.3, 0.4) is 0 Å². The van der Waals surface area contributed by atoms with Crippen molar-refractivity contribution in [3.05, 3.63) is 0 Å². The Kier molecular flexibility index (Phi) is 30.8. The van der Waals surface area contributed by atoms with Crippen molar-refractivity contribution in [2.75, 3.05) is 129 Å². The first-order chi connectivity index (χ1) is 24.0. The monoisotopic (exact) mass is 863 g/mol. The van der Waals surface area contributed by atoms with Crippen LogP contribution in [0.2, 0.25) is 10.5 Å². The molecule has 50 heavy (non-hydrogen) atoms. The summed E-state index contributed by atoms with van der Waals surface area (Å²) in [5, 5.41) is 28.5. The Morgan fingerprint density at radius 1 is 0.620 bits per heavy atom. The molecule has 0 saturated carbocycles. The van der Waals surface area contributed by atoms with Crippen LogP contribution in [-0.4, -0.2) is 204 Å². The molecule has 0 amide bonds. The van der Waals surface area contributed by atoms with Crippen LogP contribution in [0.15, 0.2) is 0 Å². The van der Waals surface area contributed by atoms with E-state index in [1.165, 1.54) is 35.5 Å². The van der Waals surface area contributed by atoms with Gasteiger partial charge in [0.05, 0.1) is 0 Å². The van der Waals surface area contributed by atoms with E-state index in [1.807, 2.05) is 13.8 Å². The summed E-state index contributed by atoms with van der Waals surface area (Å²) in [6.07, 6.45) is -0.774. The molecule has 21 heteroatoms. The summed E-state index contributed by atoms with van der Waals surface area (Å²) in [5.41, 5.74) is 0. The summed E-state index contributed by atoms with van der Waals surface area (Å²) in [6.45, 7) is 6.94. The molecule has 4 atom stereocenters. The van der Waals surface area contributed by atoms with E-state index in [0.29, 0.717) is 6.61 Å². The zero-order valence-corrected chi connectivity index (χ0v) is 35.4. The molecule has 0 heterocycles. The maximum atomic E-state index is 10.8. The SMILES string of the molecule is C[O][Ge]([CH2]C(OC)(OC)OCCOC(C)COCC[O][Ge]([CH2]C(O)(OC)OCOCC(C)OCCO)([O]C)[O]C)[O]COC(C)COCCO. The minimum atomic E-state index is -4.06. The predicted molar refractivity (Wildman–Crippen MR) is 178 cm³/mol. The van der Waals surface area contributed by atoms with Crippen LogP contribution in [0.1, 0.15) is 20.8 Å². The molecule has 0 saturated heterocycles. The number of aliphatic hydroxyl groups is 3. The number of hydrogen-bond acceptors (Lipinski definition) is 19. The van der Waals surface area contributed by atoms with Gasteiger partial charge in [0, 0.05) is 0 Å². The van der Waals surface area contributed by atoms with Crippen molar-refractivity contribution in [3.8, 4) is 0 Å². The number of methoxy groups -OCH3 is 3. The molecule has 0 rings (SSSR count). The van der Waals surface area contributed by atoms with E-state index in [-0.39, 0.29) is 108 Å². The van der Waals surface area contributed by atoms with Crippen molar-refractivity contribution >= 4 is 29.3 Å². The second kappa shape index (κ2) is 30.6. The minimum absolute atomic E-state index is 0.00576. The summed E-state index contributed by atoms with van der Waals surface area (Å²) in [6, 6.07) is 0. The summed E-state index contributed by atoms with van der Waals surface area (Å²) in [4.78, 5) is 0. The van der Waals surface area contributed by atoms with E-state index < -0.39 is 41.2 Å². The molecule has 0 aliphatic rings. The average molecular weight is 861 g/mol. The first-order valence-corrected chi connectivity index (χ1v) is 23.4. The first-order valence-electron chi connectivity index (χ1n) is 16.2. The Labute approximate surface area is 305 Å². The van der Waals surface area contributed by atoms with Gasteiger partial charge in [-0.3, -0.25) is 0 Å². The first kappa shape index (κ1) is 50.3. The Morgan fingerprint density at radius 3 is 1.76 bits per heavy atom. The normalized spacial score (nSPS) is 15.8. The molecular formula is C29H63Ge2O19. The molecule has 19 nitrogen and oxygen atoms in total. The molecule has 0 bridgehead atoms. The van der Waals surface area contributed by atoms with E-state index in [1.54, 1.807) is 14.0 Å². The van der Waals surface area contributed by atoms with E-state index in [9.17, 15) is 5.11 Å². The molecular weight excluding hydrogens is 798 g/mol. The van der Waals surface area contributed by atoms with Crippen molar-refractivity contribution in [1.29, 1.82) is 0 Å². The molecule has 3 N–H and O–H groups in total. The van der Waals surface area contributed by atoms with E-state index in [4.69, 9.17) is 81.1 Å². The van der Waals surface area contributed by atoms with Gasteiger partial charge in [0.2, 0.25) is 0 Å². The summed E-state index contributed by atoms with van der Waals surface area (Å²) >= 11 is -6.69. The number of rotatable bonds is 37. The maximum absolute atomic E-state index is 10.8. The Balaban J connectivity index is 4.55. The molecule has 0 aromatic carbocycles. The molecule has 0 spiro atoms. The molecule has 4 unspecified atom stereocenters. The summed E-state index contributed by atoms with van der Waals surface area (Å²) < 4.78 is 89.0. The van der Waals surface area contributed by atoms with Crippen LogP contribution < -0.4 is 0 Å². The van der Waals surface area contributed by atoms with Crippen molar-refractivity contribution in [2.45, 2.75) is 61.5 Å². The van der Waals surface area contributed by atoms with Crippen LogP contribution >= 0.6 is 0 Å². The van der Waals surface area contributed by atoms with Crippen molar-refractivity contribution in [2.24, 2.45) is 0 Å². The van der Waals surface area contributed by atoms with Crippen LogP contribution in [0.5, 0.6) is 0 Å². The van der Waals surface area contributed by atoms with Gasteiger partial charge in [0.25, 0.3) is 0 Å². The van der Waals surface area contributed by atoms with Crippen molar-refractivity contribution in [1.82, 2.24) is 0 Å². The Bertz CT molecular complexity index is 770. The predicted octanol–water partition coefficient (Wildman–Crippen LogP) is -0.177.